The van der Waals surface area contributed by atoms with Crippen LogP contribution in [-0.4, -0.2) is 23.7 Å². The molecule has 0 aliphatic carbocycles. The second-order valence-corrected chi connectivity index (χ2v) is 4.90. The van der Waals surface area contributed by atoms with Crippen LogP contribution in [0.15, 0.2) is 18.2 Å². The molecule has 1 aromatic carbocycles. The van der Waals surface area contributed by atoms with E-state index in [1.165, 1.54) is 12.5 Å². The van der Waals surface area contributed by atoms with Crippen LogP contribution in [0.25, 0.3) is 0 Å². The van der Waals surface area contributed by atoms with Gasteiger partial charge in [0.05, 0.1) is 16.8 Å². The molecule has 0 aromatic heterocycles. The largest absolute Gasteiger partial charge is 0.478 e. The predicted molar refractivity (Wildman–Crippen MR) is 73.4 cm³/mol. The van der Waals surface area contributed by atoms with Crippen molar-refractivity contribution < 1.29 is 9.90 Å². The molecule has 0 spiro atoms. The van der Waals surface area contributed by atoms with Crippen molar-refractivity contribution >= 4 is 11.7 Å². The molecular weight excluding hydrogens is 240 g/mol. The van der Waals surface area contributed by atoms with Crippen LogP contribution in [0.4, 0.5) is 5.69 Å². The van der Waals surface area contributed by atoms with Crippen molar-refractivity contribution in [3.05, 3.63) is 29.3 Å². The third-order valence-electron chi connectivity index (χ3n) is 3.77. The van der Waals surface area contributed by atoms with Crippen LogP contribution in [0.1, 0.15) is 48.5 Å². The summed E-state index contributed by atoms with van der Waals surface area (Å²) in [5.74, 6) is -0.992. The van der Waals surface area contributed by atoms with Gasteiger partial charge in [-0.1, -0.05) is 6.92 Å². The summed E-state index contributed by atoms with van der Waals surface area (Å²) in [7, 11) is 0. The standard InChI is InChI=1S/C15H18N2O2/c1-2-13-5-3-4-8-17(13)14-7-6-11(15(18)19)9-12(14)10-16/h6-7,9,13H,2-5,8H2,1H3,(H,18,19). The van der Waals surface area contributed by atoms with E-state index >= 15 is 0 Å². The van der Waals surface area contributed by atoms with Crippen LogP contribution >= 0.6 is 0 Å². The maximum absolute atomic E-state index is 11.0. The number of carboxylic acids is 1. The Balaban J connectivity index is 2.38. The number of rotatable bonds is 3. The van der Waals surface area contributed by atoms with Crippen molar-refractivity contribution in [2.75, 3.05) is 11.4 Å². The summed E-state index contributed by atoms with van der Waals surface area (Å²) in [5, 5.41) is 18.2. The first-order chi connectivity index (χ1) is 9.17. The summed E-state index contributed by atoms with van der Waals surface area (Å²) in [6.07, 6.45) is 4.54. The first-order valence-corrected chi connectivity index (χ1v) is 6.71. The fraction of sp³-hybridized carbons (Fsp3) is 0.467. The van der Waals surface area contributed by atoms with E-state index in [9.17, 15) is 10.1 Å². The van der Waals surface area contributed by atoms with Crippen LogP contribution in [0, 0.1) is 11.3 Å². The van der Waals surface area contributed by atoms with Gasteiger partial charge in [0.15, 0.2) is 0 Å². The van der Waals surface area contributed by atoms with Gasteiger partial charge in [0.2, 0.25) is 0 Å². The highest BCUT2D eigenvalue weighted by atomic mass is 16.4. The van der Waals surface area contributed by atoms with Crippen molar-refractivity contribution in [2.24, 2.45) is 0 Å². The number of piperidine rings is 1. The normalized spacial score (nSPS) is 18.9. The Labute approximate surface area is 113 Å². The van der Waals surface area contributed by atoms with Crippen molar-refractivity contribution in [3.63, 3.8) is 0 Å². The zero-order valence-electron chi connectivity index (χ0n) is 11.1. The lowest BCUT2D eigenvalue weighted by Crippen LogP contribution is -2.39. The fourth-order valence-electron chi connectivity index (χ4n) is 2.75. The lowest BCUT2D eigenvalue weighted by Gasteiger charge is -2.37. The number of anilines is 1. The molecule has 2 rings (SSSR count). The topological polar surface area (TPSA) is 64.3 Å². The minimum absolute atomic E-state index is 0.172. The fourth-order valence-corrected chi connectivity index (χ4v) is 2.75. The van der Waals surface area contributed by atoms with E-state index in [1.54, 1.807) is 12.1 Å². The van der Waals surface area contributed by atoms with E-state index in [0.29, 0.717) is 11.6 Å². The highest BCUT2D eigenvalue weighted by Crippen LogP contribution is 2.29. The first-order valence-electron chi connectivity index (χ1n) is 6.71. The number of nitriles is 1. The number of aromatic carboxylic acids is 1. The third-order valence-corrected chi connectivity index (χ3v) is 3.77. The van der Waals surface area contributed by atoms with Crippen LogP contribution in [-0.2, 0) is 0 Å². The summed E-state index contributed by atoms with van der Waals surface area (Å²) < 4.78 is 0. The number of nitrogens with zero attached hydrogens (tertiary/aromatic N) is 2. The predicted octanol–water partition coefficient (Wildman–Crippen LogP) is 3.03. The van der Waals surface area contributed by atoms with Gasteiger partial charge in [0.1, 0.15) is 6.07 Å². The van der Waals surface area contributed by atoms with Crippen LogP contribution in [0.5, 0.6) is 0 Å². The molecule has 19 heavy (non-hydrogen) atoms. The van der Waals surface area contributed by atoms with Gasteiger partial charge in [0.25, 0.3) is 0 Å². The molecule has 0 radical (unpaired) electrons. The Morgan fingerprint density at radius 1 is 1.53 bits per heavy atom. The summed E-state index contributed by atoms with van der Waals surface area (Å²) >= 11 is 0. The molecule has 1 unspecified atom stereocenters. The average Bonchev–Trinajstić information content (AvgIpc) is 2.46. The van der Waals surface area contributed by atoms with Crippen molar-refractivity contribution in [2.45, 2.75) is 38.6 Å². The van der Waals surface area contributed by atoms with Crippen LogP contribution < -0.4 is 4.90 Å². The molecule has 100 valence electrons. The molecular formula is C15H18N2O2. The lowest BCUT2D eigenvalue weighted by molar-refractivity contribution is 0.0697. The summed E-state index contributed by atoms with van der Waals surface area (Å²) in [5.41, 5.74) is 1.50. The minimum atomic E-state index is -0.992. The molecule has 0 saturated carbocycles. The molecule has 1 atom stereocenters. The van der Waals surface area contributed by atoms with E-state index in [2.05, 4.69) is 17.9 Å². The Hall–Kier alpha value is -2.02. The van der Waals surface area contributed by atoms with Crippen LogP contribution in [0.2, 0.25) is 0 Å². The van der Waals surface area contributed by atoms with Gasteiger partial charge in [-0.15, -0.1) is 0 Å². The quantitative estimate of drug-likeness (QED) is 0.905. The van der Waals surface area contributed by atoms with E-state index in [-0.39, 0.29) is 5.56 Å². The monoisotopic (exact) mass is 258 g/mol. The highest BCUT2D eigenvalue weighted by Gasteiger charge is 2.23. The molecule has 1 heterocycles. The second kappa shape index (κ2) is 5.75. The number of hydrogen-bond acceptors (Lipinski definition) is 3. The first kappa shape index (κ1) is 13.4. The van der Waals surface area contributed by atoms with Crippen LogP contribution in [0.3, 0.4) is 0 Å². The van der Waals surface area contributed by atoms with Gasteiger partial charge >= 0.3 is 5.97 Å². The number of carboxylic acid groups (broad SMARTS) is 1. The van der Waals surface area contributed by atoms with Crippen molar-refractivity contribution in [1.29, 1.82) is 5.26 Å². The smallest absolute Gasteiger partial charge is 0.335 e. The van der Waals surface area contributed by atoms with E-state index < -0.39 is 5.97 Å². The summed E-state index contributed by atoms with van der Waals surface area (Å²) in [6, 6.07) is 7.41. The molecule has 0 amide bonds. The van der Waals surface area contributed by atoms with Gasteiger partial charge in [-0.2, -0.15) is 5.26 Å². The van der Waals surface area contributed by atoms with E-state index in [0.717, 1.165) is 31.5 Å². The maximum atomic E-state index is 11.0. The average molecular weight is 258 g/mol. The van der Waals surface area contributed by atoms with Crippen molar-refractivity contribution in [1.82, 2.24) is 0 Å². The maximum Gasteiger partial charge on any atom is 0.335 e. The van der Waals surface area contributed by atoms with E-state index in [4.69, 9.17) is 5.11 Å². The van der Waals surface area contributed by atoms with Gasteiger partial charge in [-0.05, 0) is 43.9 Å². The van der Waals surface area contributed by atoms with E-state index in [1.807, 2.05) is 0 Å². The van der Waals surface area contributed by atoms with Gasteiger partial charge in [-0.3, -0.25) is 0 Å². The Morgan fingerprint density at radius 2 is 2.32 bits per heavy atom. The second-order valence-electron chi connectivity index (χ2n) is 4.90. The Kier molecular flexibility index (Phi) is 4.06. The van der Waals surface area contributed by atoms with Gasteiger partial charge < -0.3 is 10.0 Å². The molecule has 4 nitrogen and oxygen atoms in total. The Morgan fingerprint density at radius 3 is 2.95 bits per heavy atom. The summed E-state index contributed by atoms with van der Waals surface area (Å²) in [4.78, 5) is 13.2. The molecule has 4 heteroatoms. The SMILES string of the molecule is CCC1CCCCN1c1ccc(C(=O)O)cc1C#N. The molecule has 1 aliphatic rings. The minimum Gasteiger partial charge on any atom is -0.478 e. The molecule has 0 bridgehead atoms. The molecule has 1 N–H and O–H groups in total. The highest BCUT2D eigenvalue weighted by molar-refractivity contribution is 5.89. The molecule has 1 fully saturated rings. The molecule has 1 aliphatic heterocycles. The molecule has 1 saturated heterocycles. The summed E-state index contributed by atoms with van der Waals surface area (Å²) in [6.45, 7) is 3.10. The number of benzene rings is 1. The van der Waals surface area contributed by atoms with Crippen molar-refractivity contribution in [3.8, 4) is 6.07 Å². The van der Waals surface area contributed by atoms with Gasteiger partial charge in [-0.25, -0.2) is 4.79 Å². The lowest BCUT2D eigenvalue weighted by atomic mass is 9.97. The molecule has 1 aromatic rings. The Bertz CT molecular complexity index is 519. The zero-order chi connectivity index (χ0) is 13.8. The third kappa shape index (κ3) is 2.70. The number of hydrogen-bond donors (Lipinski definition) is 1. The zero-order valence-corrected chi connectivity index (χ0v) is 11.1. The number of carbonyl (C=O) groups is 1. The van der Waals surface area contributed by atoms with Gasteiger partial charge in [0, 0.05) is 12.6 Å².